The first-order chi connectivity index (χ1) is 11.2. The Bertz CT molecular complexity index is 558. The summed E-state index contributed by atoms with van der Waals surface area (Å²) < 4.78 is 10.4. The molecule has 132 valence electrons. The van der Waals surface area contributed by atoms with Crippen LogP contribution >= 0.6 is 0 Å². The van der Waals surface area contributed by atoms with Gasteiger partial charge in [-0.1, -0.05) is 38.1 Å². The van der Waals surface area contributed by atoms with E-state index in [2.05, 4.69) is 5.32 Å². The van der Waals surface area contributed by atoms with E-state index in [1.54, 1.807) is 30.3 Å². The molecule has 1 amide bonds. The molecule has 1 rings (SSSR count). The van der Waals surface area contributed by atoms with E-state index in [4.69, 9.17) is 9.47 Å². The smallest absolute Gasteiger partial charge is 0.408 e. The van der Waals surface area contributed by atoms with E-state index in [1.165, 1.54) is 0 Å². The number of rotatable bonds is 6. The Morgan fingerprint density at radius 1 is 1.17 bits per heavy atom. The lowest BCUT2D eigenvalue weighted by Crippen LogP contribution is -2.40. The van der Waals surface area contributed by atoms with Crippen molar-refractivity contribution in [1.29, 1.82) is 0 Å². The van der Waals surface area contributed by atoms with Crippen molar-refractivity contribution in [1.82, 2.24) is 5.32 Å². The van der Waals surface area contributed by atoms with Crippen molar-refractivity contribution < 1.29 is 19.1 Å². The van der Waals surface area contributed by atoms with Gasteiger partial charge in [0.25, 0.3) is 0 Å². The lowest BCUT2D eigenvalue weighted by Gasteiger charge is -2.24. The van der Waals surface area contributed by atoms with Crippen molar-refractivity contribution in [2.45, 2.75) is 46.3 Å². The third-order valence-corrected chi connectivity index (χ3v) is 3.07. The first-order valence-corrected chi connectivity index (χ1v) is 8.07. The molecular weight excluding hydrogens is 306 g/mol. The molecule has 0 saturated carbocycles. The number of esters is 1. The largest absolute Gasteiger partial charge is 0.458 e. The van der Waals surface area contributed by atoms with Gasteiger partial charge in [0.1, 0.15) is 12.2 Å². The highest BCUT2D eigenvalue weighted by molar-refractivity contribution is 5.89. The Morgan fingerprint density at radius 3 is 2.33 bits per heavy atom. The van der Waals surface area contributed by atoms with E-state index in [0.717, 1.165) is 0 Å². The number of carbonyl (C=O) groups excluding carboxylic acids is 2. The van der Waals surface area contributed by atoms with Crippen molar-refractivity contribution in [2.75, 3.05) is 6.61 Å². The molecular formula is C19H27NO4. The molecule has 0 fully saturated rings. The van der Waals surface area contributed by atoms with Crippen LogP contribution in [0.3, 0.4) is 0 Å². The number of hydrogen-bond donors (Lipinski definition) is 1. The van der Waals surface area contributed by atoms with E-state index in [-0.39, 0.29) is 24.5 Å². The first-order valence-electron chi connectivity index (χ1n) is 8.07. The van der Waals surface area contributed by atoms with Gasteiger partial charge in [-0.2, -0.15) is 0 Å². The van der Waals surface area contributed by atoms with Crippen LogP contribution in [0, 0.1) is 5.92 Å². The Morgan fingerprint density at radius 2 is 1.79 bits per heavy atom. The molecule has 0 aliphatic heterocycles. The first kappa shape index (κ1) is 19.7. The molecule has 0 radical (unpaired) electrons. The number of ether oxygens (including phenoxy) is 2. The van der Waals surface area contributed by atoms with Crippen LogP contribution in [0.2, 0.25) is 0 Å². The zero-order chi connectivity index (χ0) is 18.2. The van der Waals surface area contributed by atoms with E-state index < -0.39 is 11.7 Å². The standard InChI is InChI=1S/C19H27NO4/c1-14(2)16(20-18(22)24-19(3,4)5)12-9-13-23-17(21)15-10-7-6-8-11-15/h6-12,14,16H,13H2,1-5H3,(H,20,22)/b12-9+/t16-/m1/s1. The second-order valence-electron chi connectivity index (χ2n) is 6.81. The molecule has 5 heteroatoms. The summed E-state index contributed by atoms with van der Waals surface area (Å²) in [6.45, 7) is 9.57. The molecule has 24 heavy (non-hydrogen) atoms. The summed E-state index contributed by atoms with van der Waals surface area (Å²) in [5.41, 5.74) is -0.0289. The third kappa shape index (κ3) is 7.81. The summed E-state index contributed by atoms with van der Waals surface area (Å²) in [6.07, 6.45) is 3.07. The summed E-state index contributed by atoms with van der Waals surface area (Å²) >= 11 is 0. The molecule has 0 aliphatic carbocycles. The number of carbonyl (C=O) groups is 2. The van der Waals surface area contributed by atoms with Gasteiger partial charge in [0.2, 0.25) is 0 Å². The van der Waals surface area contributed by atoms with E-state index in [1.807, 2.05) is 46.8 Å². The molecule has 0 saturated heterocycles. The molecule has 0 heterocycles. The number of alkyl carbamates (subject to hydrolysis) is 1. The zero-order valence-corrected chi connectivity index (χ0v) is 15.0. The molecule has 1 aromatic carbocycles. The van der Waals surface area contributed by atoms with Crippen LogP contribution in [0.1, 0.15) is 45.0 Å². The summed E-state index contributed by atoms with van der Waals surface area (Å²) in [5.74, 6) is -0.194. The molecule has 0 unspecified atom stereocenters. The maximum Gasteiger partial charge on any atom is 0.408 e. The highest BCUT2D eigenvalue weighted by Crippen LogP contribution is 2.09. The van der Waals surface area contributed by atoms with Gasteiger partial charge in [0, 0.05) is 0 Å². The maximum absolute atomic E-state index is 11.8. The van der Waals surface area contributed by atoms with Crippen molar-refractivity contribution in [2.24, 2.45) is 5.92 Å². The molecule has 5 nitrogen and oxygen atoms in total. The van der Waals surface area contributed by atoms with Crippen molar-refractivity contribution >= 4 is 12.1 Å². The topological polar surface area (TPSA) is 64.6 Å². The van der Waals surface area contributed by atoms with Gasteiger partial charge in [-0.3, -0.25) is 0 Å². The lowest BCUT2D eigenvalue weighted by molar-refractivity contribution is 0.0498. The molecule has 0 bridgehead atoms. The lowest BCUT2D eigenvalue weighted by atomic mass is 10.0. The minimum absolute atomic E-state index is 0.146. The van der Waals surface area contributed by atoms with Crippen molar-refractivity contribution in [3.63, 3.8) is 0 Å². The Balaban J connectivity index is 2.49. The van der Waals surface area contributed by atoms with Crippen LogP contribution in [-0.2, 0) is 9.47 Å². The fourth-order valence-corrected chi connectivity index (χ4v) is 1.86. The van der Waals surface area contributed by atoms with Gasteiger partial charge in [-0.15, -0.1) is 0 Å². The van der Waals surface area contributed by atoms with Gasteiger partial charge in [0.05, 0.1) is 11.6 Å². The Kier molecular flexibility index (Phi) is 7.49. The van der Waals surface area contributed by atoms with Crippen LogP contribution in [-0.4, -0.2) is 30.3 Å². The Hall–Kier alpha value is -2.30. The van der Waals surface area contributed by atoms with Crippen molar-refractivity contribution in [3.8, 4) is 0 Å². The van der Waals surface area contributed by atoms with Crippen LogP contribution in [0.25, 0.3) is 0 Å². The van der Waals surface area contributed by atoms with E-state index in [0.29, 0.717) is 5.56 Å². The second kappa shape index (κ2) is 9.11. The van der Waals surface area contributed by atoms with Crippen LogP contribution in [0.4, 0.5) is 4.79 Å². The minimum Gasteiger partial charge on any atom is -0.458 e. The highest BCUT2D eigenvalue weighted by atomic mass is 16.6. The van der Waals surface area contributed by atoms with Gasteiger partial charge in [-0.05, 0) is 44.9 Å². The summed E-state index contributed by atoms with van der Waals surface area (Å²) in [6, 6.07) is 8.61. The summed E-state index contributed by atoms with van der Waals surface area (Å²) in [4.78, 5) is 23.7. The summed E-state index contributed by atoms with van der Waals surface area (Å²) in [7, 11) is 0. The highest BCUT2D eigenvalue weighted by Gasteiger charge is 2.19. The number of amides is 1. The molecule has 1 N–H and O–H groups in total. The summed E-state index contributed by atoms with van der Waals surface area (Å²) in [5, 5.41) is 2.80. The molecule has 0 aliphatic rings. The minimum atomic E-state index is -0.541. The monoisotopic (exact) mass is 333 g/mol. The van der Waals surface area contributed by atoms with Gasteiger partial charge in [-0.25, -0.2) is 9.59 Å². The molecule has 1 aromatic rings. The fourth-order valence-electron chi connectivity index (χ4n) is 1.86. The van der Waals surface area contributed by atoms with Crippen molar-refractivity contribution in [3.05, 3.63) is 48.0 Å². The van der Waals surface area contributed by atoms with E-state index in [9.17, 15) is 9.59 Å². The van der Waals surface area contributed by atoms with Crippen LogP contribution < -0.4 is 5.32 Å². The van der Waals surface area contributed by atoms with E-state index >= 15 is 0 Å². The van der Waals surface area contributed by atoms with Crippen LogP contribution in [0.15, 0.2) is 42.5 Å². The SMILES string of the molecule is CC(C)[C@@H](/C=C/COC(=O)c1ccccc1)NC(=O)OC(C)(C)C. The number of nitrogens with one attached hydrogen (secondary N) is 1. The number of benzene rings is 1. The predicted molar refractivity (Wildman–Crippen MR) is 93.9 cm³/mol. The average molecular weight is 333 g/mol. The van der Waals surface area contributed by atoms with Gasteiger partial charge in [0.15, 0.2) is 0 Å². The normalized spacial score (nSPS) is 12.9. The second-order valence-corrected chi connectivity index (χ2v) is 6.81. The quantitative estimate of drug-likeness (QED) is 0.632. The van der Waals surface area contributed by atoms with Crippen LogP contribution in [0.5, 0.6) is 0 Å². The fraction of sp³-hybridized carbons (Fsp3) is 0.474. The molecule has 0 aromatic heterocycles. The predicted octanol–water partition coefficient (Wildman–Crippen LogP) is 3.95. The zero-order valence-electron chi connectivity index (χ0n) is 15.0. The molecule has 0 spiro atoms. The average Bonchev–Trinajstić information content (AvgIpc) is 2.48. The molecule has 1 atom stereocenters. The maximum atomic E-state index is 11.8. The van der Waals surface area contributed by atoms with Gasteiger partial charge < -0.3 is 14.8 Å². The van der Waals surface area contributed by atoms with Gasteiger partial charge >= 0.3 is 12.1 Å². The number of hydrogen-bond acceptors (Lipinski definition) is 4. The third-order valence-electron chi connectivity index (χ3n) is 3.07. The Labute approximate surface area is 144 Å².